The minimum atomic E-state index is -0.834. The Morgan fingerprint density at radius 3 is 2.09 bits per heavy atom. The van der Waals surface area contributed by atoms with Gasteiger partial charge in [0, 0.05) is 57.3 Å². The zero-order valence-electron chi connectivity index (χ0n) is 19.0. The fourth-order valence-electron chi connectivity index (χ4n) is 4.70. The second kappa shape index (κ2) is 8.67. The van der Waals surface area contributed by atoms with Crippen LogP contribution < -0.4 is 14.7 Å². The van der Waals surface area contributed by atoms with Crippen LogP contribution in [0, 0.1) is 0 Å². The maximum atomic E-state index is 10.2. The molecule has 6 rings (SSSR count). The lowest BCUT2D eigenvalue weighted by Gasteiger charge is -2.36. The zero-order chi connectivity index (χ0) is 23.9. The van der Waals surface area contributed by atoms with Crippen molar-refractivity contribution in [1.82, 2.24) is 24.5 Å². The van der Waals surface area contributed by atoms with Crippen molar-refractivity contribution in [2.45, 2.75) is 12.2 Å². The molecule has 180 valence electrons. The van der Waals surface area contributed by atoms with Crippen LogP contribution in [0.5, 0.6) is 5.75 Å². The molecule has 3 N–H and O–H groups in total. The van der Waals surface area contributed by atoms with E-state index >= 15 is 0 Å². The number of piperazine rings is 1. The molecule has 2 aliphatic heterocycles. The fourth-order valence-corrected chi connectivity index (χ4v) is 4.70. The summed E-state index contributed by atoms with van der Waals surface area (Å²) in [6.45, 7) is 3.58. The van der Waals surface area contributed by atoms with Crippen LogP contribution in [0.3, 0.4) is 0 Å². The number of nitrogens with zero attached hydrogens (tertiary/aromatic N) is 8. The van der Waals surface area contributed by atoms with Crippen LogP contribution in [0.2, 0.25) is 0 Å². The van der Waals surface area contributed by atoms with E-state index in [0.717, 1.165) is 37.6 Å². The van der Waals surface area contributed by atoms with Crippen LogP contribution >= 0.6 is 0 Å². The van der Waals surface area contributed by atoms with E-state index in [-0.39, 0.29) is 18.8 Å². The van der Waals surface area contributed by atoms with Gasteiger partial charge in [-0.1, -0.05) is 0 Å². The number of aliphatic hydroxyl groups is 2. The number of benzene rings is 1. The Bertz CT molecular complexity index is 1310. The Balaban J connectivity index is 1.35. The van der Waals surface area contributed by atoms with E-state index in [2.05, 4.69) is 19.8 Å². The molecule has 11 heteroatoms. The highest BCUT2D eigenvalue weighted by Crippen LogP contribution is 2.30. The molecule has 0 unspecified atom stereocenters. The SMILES string of the molecule is Oc1ccc(N2CCN(c3nc(N4C[C@H](O)[C@@H](O)C4)c4ncn(-c5ccncc5)c4n3)CC2)cc1. The van der Waals surface area contributed by atoms with Crippen LogP contribution in [0.15, 0.2) is 55.1 Å². The van der Waals surface area contributed by atoms with Crippen LogP contribution in [0.25, 0.3) is 16.9 Å². The molecule has 0 amide bonds. The third-order valence-electron chi connectivity index (χ3n) is 6.64. The summed E-state index contributed by atoms with van der Waals surface area (Å²) in [5, 5.41) is 29.9. The van der Waals surface area contributed by atoms with Crippen molar-refractivity contribution in [3.05, 3.63) is 55.1 Å². The highest BCUT2D eigenvalue weighted by molar-refractivity contribution is 5.86. The van der Waals surface area contributed by atoms with E-state index in [1.807, 2.05) is 33.7 Å². The van der Waals surface area contributed by atoms with Crippen molar-refractivity contribution >= 4 is 28.6 Å². The van der Waals surface area contributed by atoms with Gasteiger partial charge in [-0.05, 0) is 36.4 Å². The normalized spacial score (nSPS) is 20.7. The number of β-amino-alcohol motifs (C(OH)–C–C–N with tert-alkyl or cyclic N) is 2. The van der Waals surface area contributed by atoms with Gasteiger partial charge >= 0.3 is 0 Å². The summed E-state index contributed by atoms with van der Waals surface area (Å²) >= 11 is 0. The average Bonchev–Trinajstić information content (AvgIpc) is 3.47. The maximum Gasteiger partial charge on any atom is 0.229 e. The second-order valence-corrected chi connectivity index (χ2v) is 8.87. The van der Waals surface area contributed by atoms with E-state index < -0.39 is 12.2 Å². The Kier molecular flexibility index (Phi) is 5.34. The lowest BCUT2D eigenvalue weighted by Crippen LogP contribution is -2.47. The number of pyridine rings is 1. The molecule has 0 saturated carbocycles. The van der Waals surface area contributed by atoms with Gasteiger partial charge in [-0.15, -0.1) is 0 Å². The Hall–Kier alpha value is -3.96. The van der Waals surface area contributed by atoms with Gasteiger partial charge in [0.1, 0.15) is 12.1 Å². The maximum absolute atomic E-state index is 10.2. The van der Waals surface area contributed by atoms with Gasteiger partial charge in [-0.3, -0.25) is 9.55 Å². The van der Waals surface area contributed by atoms with Crippen molar-refractivity contribution in [2.24, 2.45) is 0 Å². The number of phenols is 1. The predicted octanol–water partition coefficient (Wildman–Crippen LogP) is 0.784. The number of fused-ring (bicyclic) bond motifs is 1. The molecule has 5 heterocycles. The molecule has 4 aromatic rings. The van der Waals surface area contributed by atoms with E-state index in [1.165, 1.54) is 0 Å². The summed E-state index contributed by atoms with van der Waals surface area (Å²) < 4.78 is 1.90. The first-order valence-electron chi connectivity index (χ1n) is 11.6. The van der Waals surface area contributed by atoms with Crippen molar-refractivity contribution in [2.75, 3.05) is 54.0 Å². The molecule has 1 aromatic carbocycles. The molecular formula is C24H26N8O3. The highest BCUT2D eigenvalue weighted by Gasteiger charge is 2.33. The minimum Gasteiger partial charge on any atom is -0.508 e. The number of phenolic OH excluding ortho intramolecular Hbond substituents is 1. The molecular weight excluding hydrogens is 448 g/mol. The fraction of sp³-hybridized carbons (Fsp3) is 0.333. The number of hydrogen-bond acceptors (Lipinski definition) is 10. The zero-order valence-corrected chi connectivity index (χ0v) is 19.0. The molecule has 0 spiro atoms. The molecule has 3 aromatic heterocycles. The summed E-state index contributed by atoms with van der Waals surface area (Å²) in [6, 6.07) is 11.0. The molecule has 11 nitrogen and oxygen atoms in total. The van der Waals surface area contributed by atoms with Gasteiger partial charge in [0.05, 0.1) is 17.9 Å². The molecule has 2 aliphatic rings. The molecule has 2 fully saturated rings. The monoisotopic (exact) mass is 474 g/mol. The van der Waals surface area contributed by atoms with Crippen molar-refractivity contribution in [3.8, 4) is 11.4 Å². The van der Waals surface area contributed by atoms with Crippen molar-refractivity contribution in [3.63, 3.8) is 0 Å². The quantitative estimate of drug-likeness (QED) is 0.391. The number of aliphatic hydroxyl groups excluding tert-OH is 2. The van der Waals surface area contributed by atoms with Gasteiger partial charge in [0.2, 0.25) is 5.95 Å². The number of aromatic nitrogens is 5. The van der Waals surface area contributed by atoms with Crippen LogP contribution in [0.1, 0.15) is 0 Å². The number of aromatic hydroxyl groups is 1. The summed E-state index contributed by atoms with van der Waals surface area (Å²) in [4.78, 5) is 24.8. The molecule has 0 radical (unpaired) electrons. The minimum absolute atomic E-state index is 0.254. The summed E-state index contributed by atoms with van der Waals surface area (Å²) in [5.74, 6) is 1.45. The summed E-state index contributed by atoms with van der Waals surface area (Å²) in [6.07, 6.45) is 3.49. The summed E-state index contributed by atoms with van der Waals surface area (Å²) in [5.41, 5.74) is 3.23. The molecule has 35 heavy (non-hydrogen) atoms. The van der Waals surface area contributed by atoms with Gasteiger partial charge < -0.3 is 30.0 Å². The van der Waals surface area contributed by atoms with E-state index in [1.54, 1.807) is 30.9 Å². The average molecular weight is 475 g/mol. The number of imidazole rings is 1. The first-order valence-corrected chi connectivity index (χ1v) is 11.6. The first-order chi connectivity index (χ1) is 17.1. The second-order valence-electron chi connectivity index (χ2n) is 8.87. The van der Waals surface area contributed by atoms with Crippen LogP contribution in [-0.2, 0) is 0 Å². The molecule has 0 bridgehead atoms. The Labute approximate surface area is 201 Å². The van der Waals surface area contributed by atoms with Gasteiger partial charge in [0.15, 0.2) is 17.0 Å². The molecule has 2 atom stereocenters. The smallest absolute Gasteiger partial charge is 0.229 e. The largest absolute Gasteiger partial charge is 0.508 e. The third kappa shape index (κ3) is 3.98. The topological polar surface area (TPSA) is 127 Å². The summed E-state index contributed by atoms with van der Waals surface area (Å²) in [7, 11) is 0. The third-order valence-corrected chi connectivity index (χ3v) is 6.64. The van der Waals surface area contributed by atoms with E-state index in [4.69, 9.17) is 9.97 Å². The van der Waals surface area contributed by atoms with Crippen molar-refractivity contribution < 1.29 is 15.3 Å². The van der Waals surface area contributed by atoms with E-state index in [0.29, 0.717) is 22.9 Å². The molecule has 2 saturated heterocycles. The first kappa shape index (κ1) is 21.6. The number of rotatable bonds is 4. The van der Waals surface area contributed by atoms with Crippen LogP contribution in [-0.4, -0.2) is 91.3 Å². The van der Waals surface area contributed by atoms with Crippen molar-refractivity contribution in [1.29, 1.82) is 0 Å². The highest BCUT2D eigenvalue weighted by atomic mass is 16.3. The standard InChI is InChI=1S/C24H26N8O3/c33-18-3-1-16(2-4-18)29-9-11-30(12-10-29)24-27-22(31-13-19(34)20(35)14-31)21-23(28-24)32(15-26-21)17-5-7-25-8-6-17/h1-8,15,19-20,33-35H,9-14H2/t19-,20-/m0/s1. The van der Waals surface area contributed by atoms with Gasteiger partial charge in [0.25, 0.3) is 0 Å². The molecule has 0 aliphatic carbocycles. The lowest BCUT2D eigenvalue weighted by atomic mass is 10.2. The Morgan fingerprint density at radius 2 is 1.40 bits per heavy atom. The van der Waals surface area contributed by atoms with Gasteiger partial charge in [-0.25, -0.2) is 4.98 Å². The predicted molar refractivity (Wildman–Crippen MR) is 131 cm³/mol. The number of anilines is 3. The Morgan fingerprint density at radius 1 is 0.743 bits per heavy atom. The van der Waals surface area contributed by atoms with E-state index in [9.17, 15) is 15.3 Å². The number of hydrogen-bond donors (Lipinski definition) is 3. The van der Waals surface area contributed by atoms with Gasteiger partial charge in [-0.2, -0.15) is 9.97 Å². The lowest BCUT2D eigenvalue weighted by molar-refractivity contribution is 0.0572. The van der Waals surface area contributed by atoms with Crippen LogP contribution in [0.4, 0.5) is 17.5 Å².